The van der Waals surface area contributed by atoms with Crippen LogP contribution in [0.4, 0.5) is 4.39 Å². The zero-order valence-electron chi connectivity index (χ0n) is 15.4. The van der Waals surface area contributed by atoms with Crippen LogP contribution in [0, 0.1) is 5.82 Å². The average Bonchev–Trinajstić information content (AvgIpc) is 2.66. The van der Waals surface area contributed by atoms with Gasteiger partial charge < -0.3 is 10.6 Å². The smallest absolute Gasteiger partial charge is 0.243 e. The van der Waals surface area contributed by atoms with E-state index in [0.717, 1.165) is 11.6 Å². The summed E-state index contributed by atoms with van der Waals surface area (Å²) in [6.07, 6.45) is 0.663. The van der Waals surface area contributed by atoms with Crippen LogP contribution in [0.2, 0.25) is 0 Å². The van der Waals surface area contributed by atoms with Crippen LogP contribution in [0.1, 0.15) is 12.0 Å². The number of halogens is 2. The largest absolute Gasteiger partial charge is 0.341 e. The third-order valence-electron chi connectivity index (χ3n) is 4.02. The van der Waals surface area contributed by atoms with E-state index < -0.39 is 20.7 Å². The lowest BCUT2D eigenvalue weighted by molar-refractivity contribution is -0.130. The average molecular weight is 430 g/mol. The standard InChI is InChI=1S/C19H24FN3O3S.ClH/c20-17-8-4-5-9-18(17)27(25,26)22-13-10-19(24)23(15-12-21)14-11-16-6-2-1-3-7-16;/h1-9,22H,10-15,21H2;1H. The van der Waals surface area contributed by atoms with Crippen molar-refractivity contribution in [3.05, 3.63) is 66.0 Å². The van der Waals surface area contributed by atoms with Crippen molar-refractivity contribution in [1.29, 1.82) is 0 Å². The lowest BCUT2D eigenvalue weighted by Gasteiger charge is -2.22. The highest BCUT2D eigenvalue weighted by atomic mass is 35.5. The first-order valence-electron chi connectivity index (χ1n) is 8.70. The van der Waals surface area contributed by atoms with Gasteiger partial charge in [-0.3, -0.25) is 4.79 Å². The molecule has 2 rings (SSSR count). The summed E-state index contributed by atoms with van der Waals surface area (Å²) < 4.78 is 40.2. The predicted octanol–water partition coefficient (Wildman–Crippen LogP) is 1.95. The Hall–Kier alpha value is -2.00. The highest BCUT2D eigenvalue weighted by Gasteiger charge is 2.19. The third-order valence-corrected chi connectivity index (χ3v) is 5.52. The van der Waals surface area contributed by atoms with Gasteiger partial charge in [0.1, 0.15) is 10.7 Å². The lowest BCUT2D eigenvalue weighted by atomic mass is 10.1. The maximum absolute atomic E-state index is 13.7. The van der Waals surface area contributed by atoms with Gasteiger partial charge in [-0.15, -0.1) is 12.4 Å². The van der Waals surface area contributed by atoms with Crippen LogP contribution in [0.3, 0.4) is 0 Å². The first kappa shape index (κ1) is 24.0. The Morgan fingerprint density at radius 2 is 1.68 bits per heavy atom. The van der Waals surface area contributed by atoms with Gasteiger partial charge in [-0.25, -0.2) is 17.5 Å². The lowest BCUT2D eigenvalue weighted by Crippen LogP contribution is -2.38. The van der Waals surface area contributed by atoms with E-state index in [-0.39, 0.29) is 31.3 Å². The molecule has 0 unspecified atom stereocenters. The van der Waals surface area contributed by atoms with Crippen molar-refractivity contribution in [1.82, 2.24) is 9.62 Å². The van der Waals surface area contributed by atoms with Crippen molar-refractivity contribution in [2.75, 3.05) is 26.2 Å². The molecular formula is C19H25ClFN3O3S. The molecule has 0 aliphatic heterocycles. The molecule has 0 saturated heterocycles. The molecular weight excluding hydrogens is 405 g/mol. The minimum Gasteiger partial charge on any atom is -0.341 e. The fourth-order valence-electron chi connectivity index (χ4n) is 2.62. The Morgan fingerprint density at radius 1 is 1.04 bits per heavy atom. The van der Waals surface area contributed by atoms with Gasteiger partial charge in [-0.1, -0.05) is 42.5 Å². The molecule has 28 heavy (non-hydrogen) atoms. The van der Waals surface area contributed by atoms with Crippen LogP contribution in [-0.4, -0.2) is 45.4 Å². The van der Waals surface area contributed by atoms with Crippen LogP contribution in [-0.2, 0) is 21.2 Å². The molecule has 1 amide bonds. The maximum Gasteiger partial charge on any atom is 0.243 e. The number of nitrogens with two attached hydrogens (primary N) is 1. The van der Waals surface area contributed by atoms with Crippen molar-refractivity contribution in [2.45, 2.75) is 17.7 Å². The molecule has 0 heterocycles. The van der Waals surface area contributed by atoms with Crippen LogP contribution < -0.4 is 10.5 Å². The molecule has 0 aliphatic carbocycles. The van der Waals surface area contributed by atoms with Crippen LogP contribution in [0.25, 0.3) is 0 Å². The maximum atomic E-state index is 13.7. The second-order valence-electron chi connectivity index (χ2n) is 5.98. The fraction of sp³-hybridized carbons (Fsp3) is 0.316. The molecule has 0 saturated carbocycles. The molecule has 3 N–H and O–H groups in total. The van der Waals surface area contributed by atoms with Crippen molar-refractivity contribution in [3.63, 3.8) is 0 Å². The Morgan fingerprint density at radius 3 is 2.32 bits per heavy atom. The minimum absolute atomic E-state index is 0. The van der Waals surface area contributed by atoms with Gasteiger partial charge in [0.05, 0.1) is 0 Å². The summed E-state index contributed by atoms with van der Waals surface area (Å²) in [5.74, 6) is -1.03. The normalized spacial score (nSPS) is 10.9. The summed E-state index contributed by atoms with van der Waals surface area (Å²) >= 11 is 0. The van der Waals surface area contributed by atoms with E-state index in [1.165, 1.54) is 18.2 Å². The number of rotatable bonds is 10. The highest BCUT2D eigenvalue weighted by molar-refractivity contribution is 7.89. The molecule has 2 aromatic rings. The molecule has 0 atom stereocenters. The summed E-state index contributed by atoms with van der Waals surface area (Å²) in [6, 6.07) is 14.9. The van der Waals surface area contributed by atoms with Crippen molar-refractivity contribution in [3.8, 4) is 0 Å². The van der Waals surface area contributed by atoms with E-state index in [2.05, 4.69) is 4.72 Å². The van der Waals surface area contributed by atoms with Gasteiger partial charge in [0.15, 0.2) is 0 Å². The summed E-state index contributed by atoms with van der Waals surface area (Å²) in [7, 11) is -4.00. The number of carbonyl (C=O) groups is 1. The number of amides is 1. The molecule has 0 bridgehead atoms. The molecule has 0 aliphatic rings. The van der Waals surface area contributed by atoms with E-state index in [1.807, 2.05) is 30.3 Å². The topological polar surface area (TPSA) is 92.5 Å². The number of hydrogen-bond acceptors (Lipinski definition) is 4. The van der Waals surface area contributed by atoms with Crippen LogP contribution in [0.15, 0.2) is 59.5 Å². The number of carbonyl (C=O) groups excluding carboxylic acids is 1. The van der Waals surface area contributed by atoms with E-state index >= 15 is 0 Å². The molecule has 0 aromatic heterocycles. The number of hydrogen-bond donors (Lipinski definition) is 2. The fourth-order valence-corrected chi connectivity index (χ4v) is 3.73. The number of nitrogens with one attached hydrogen (secondary N) is 1. The SMILES string of the molecule is Cl.NCCN(CCc1ccccc1)C(=O)CCNS(=O)(=O)c1ccccc1F. The summed E-state index contributed by atoms with van der Waals surface area (Å²) in [5.41, 5.74) is 6.68. The van der Waals surface area contributed by atoms with Crippen LogP contribution in [0.5, 0.6) is 0 Å². The monoisotopic (exact) mass is 429 g/mol. The predicted molar refractivity (Wildman–Crippen MR) is 109 cm³/mol. The first-order valence-corrected chi connectivity index (χ1v) is 10.2. The molecule has 2 aromatic carbocycles. The molecule has 0 spiro atoms. The van der Waals surface area contributed by atoms with Gasteiger partial charge in [-0.2, -0.15) is 0 Å². The number of sulfonamides is 1. The van der Waals surface area contributed by atoms with Crippen molar-refractivity contribution in [2.24, 2.45) is 5.73 Å². The second-order valence-corrected chi connectivity index (χ2v) is 7.72. The summed E-state index contributed by atoms with van der Waals surface area (Å²) in [5, 5.41) is 0. The highest BCUT2D eigenvalue weighted by Crippen LogP contribution is 2.13. The summed E-state index contributed by atoms with van der Waals surface area (Å²) in [4.78, 5) is 13.6. The van der Waals surface area contributed by atoms with Gasteiger partial charge >= 0.3 is 0 Å². The Bertz CT molecular complexity index is 851. The van der Waals surface area contributed by atoms with Gasteiger partial charge in [0.25, 0.3) is 0 Å². The Kier molecular flexibility index (Phi) is 10.1. The van der Waals surface area contributed by atoms with E-state index in [4.69, 9.17) is 5.73 Å². The van der Waals surface area contributed by atoms with Crippen molar-refractivity contribution >= 4 is 28.3 Å². The zero-order valence-corrected chi connectivity index (χ0v) is 17.0. The molecule has 0 radical (unpaired) electrons. The Labute approximate surface area is 171 Å². The van der Waals surface area contributed by atoms with E-state index in [0.29, 0.717) is 26.1 Å². The summed E-state index contributed by atoms with van der Waals surface area (Å²) in [6.45, 7) is 1.11. The number of nitrogens with zero attached hydrogens (tertiary/aromatic N) is 1. The molecule has 9 heteroatoms. The second kappa shape index (κ2) is 11.8. The van der Waals surface area contributed by atoms with Crippen molar-refractivity contribution < 1.29 is 17.6 Å². The first-order chi connectivity index (χ1) is 12.9. The quantitative estimate of drug-likeness (QED) is 0.603. The molecule has 0 fully saturated rings. The van der Waals surface area contributed by atoms with E-state index in [1.54, 1.807) is 4.90 Å². The molecule has 154 valence electrons. The third kappa shape index (κ3) is 7.20. The van der Waals surface area contributed by atoms with Gasteiger partial charge in [-0.05, 0) is 24.1 Å². The number of benzene rings is 2. The zero-order chi connectivity index (χ0) is 19.7. The van der Waals surface area contributed by atoms with Gasteiger partial charge in [0, 0.05) is 32.6 Å². The van der Waals surface area contributed by atoms with Gasteiger partial charge in [0.2, 0.25) is 15.9 Å². The van der Waals surface area contributed by atoms with Crippen LogP contribution >= 0.6 is 12.4 Å². The Balaban J connectivity index is 0.00000392. The minimum atomic E-state index is -4.00. The molecule has 6 nitrogen and oxygen atoms in total. The van der Waals surface area contributed by atoms with E-state index in [9.17, 15) is 17.6 Å².